The fourth-order valence-corrected chi connectivity index (χ4v) is 3.03. The van der Waals surface area contributed by atoms with Gasteiger partial charge in [-0.15, -0.1) is 0 Å². The maximum absolute atomic E-state index is 12.1. The van der Waals surface area contributed by atoms with Crippen LogP contribution in [0.5, 0.6) is 0 Å². The van der Waals surface area contributed by atoms with Crippen molar-refractivity contribution >= 4 is 11.8 Å². The summed E-state index contributed by atoms with van der Waals surface area (Å²) in [7, 11) is 0. The minimum atomic E-state index is -0.0200. The Kier molecular flexibility index (Phi) is 6.65. The van der Waals surface area contributed by atoms with Crippen molar-refractivity contribution in [1.29, 1.82) is 0 Å². The van der Waals surface area contributed by atoms with Crippen molar-refractivity contribution in [3.63, 3.8) is 0 Å². The molecule has 128 valence electrons. The first-order valence-corrected chi connectivity index (χ1v) is 8.47. The number of amides is 2. The molecule has 6 nitrogen and oxygen atoms in total. The van der Waals surface area contributed by atoms with E-state index in [2.05, 4.69) is 24.1 Å². The van der Waals surface area contributed by atoms with Crippen LogP contribution in [0, 0.1) is 0 Å². The molecule has 1 aromatic rings. The van der Waals surface area contributed by atoms with Crippen LogP contribution in [0.15, 0.2) is 22.8 Å². The number of nitrogens with zero attached hydrogens (tertiary/aromatic N) is 2. The Morgan fingerprint density at radius 1 is 1.43 bits per heavy atom. The fraction of sp³-hybridized carbons (Fsp3) is 0.647. The van der Waals surface area contributed by atoms with Crippen LogP contribution >= 0.6 is 0 Å². The summed E-state index contributed by atoms with van der Waals surface area (Å²) in [5, 5.41) is 2.98. The minimum absolute atomic E-state index is 0.0200. The van der Waals surface area contributed by atoms with Crippen LogP contribution in [-0.2, 0) is 9.59 Å². The van der Waals surface area contributed by atoms with Crippen LogP contribution in [0.2, 0.25) is 0 Å². The Labute approximate surface area is 137 Å². The number of furan rings is 1. The minimum Gasteiger partial charge on any atom is -0.468 e. The molecule has 6 heteroatoms. The van der Waals surface area contributed by atoms with Gasteiger partial charge in [0.05, 0.1) is 12.3 Å². The zero-order valence-corrected chi connectivity index (χ0v) is 14.1. The van der Waals surface area contributed by atoms with Gasteiger partial charge >= 0.3 is 0 Å². The van der Waals surface area contributed by atoms with Crippen LogP contribution in [0.25, 0.3) is 0 Å². The Morgan fingerprint density at radius 3 is 2.78 bits per heavy atom. The molecule has 1 fully saturated rings. The van der Waals surface area contributed by atoms with Crippen molar-refractivity contribution in [2.24, 2.45) is 0 Å². The van der Waals surface area contributed by atoms with Gasteiger partial charge in [-0.25, -0.2) is 0 Å². The predicted octanol–water partition coefficient (Wildman–Crippen LogP) is 1.79. The van der Waals surface area contributed by atoms with E-state index in [9.17, 15) is 9.59 Å². The Balaban J connectivity index is 1.83. The highest BCUT2D eigenvalue weighted by Crippen LogP contribution is 2.20. The number of hydrogen-bond donors (Lipinski definition) is 1. The van der Waals surface area contributed by atoms with Gasteiger partial charge in [-0.1, -0.05) is 13.8 Å². The summed E-state index contributed by atoms with van der Waals surface area (Å²) in [4.78, 5) is 27.7. The molecule has 1 saturated heterocycles. The molecule has 1 aliphatic rings. The number of likely N-dealkylation sites (tertiary alicyclic amines) is 1. The quantitative estimate of drug-likeness (QED) is 0.753. The molecule has 1 atom stereocenters. The molecular weight excluding hydrogens is 294 g/mol. The summed E-state index contributed by atoms with van der Waals surface area (Å²) in [6.07, 6.45) is 3.54. The number of carbonyl (C=O) groups excluding carboxylic acids is 2. The van der Waals surface area contributed by atoms with Crippen molar-refractivity contribution in [3.8, 4) is 0 Å². The first-order chi connectivity index (χ1) is 11.2. The monoisotopic (exact) mass is 321 g/mol. The van der Waals surface area contributed by atoms with Crippen molar-refractivity contribution in [2.45, 2.75) is 39.2 Å². The molecule has 0 spiro atoms. The summed E-state index contributed by atoms with van der Waals surface area (Å²) < 4.78 is 5.52. The molecule has 1 N–H and O–H groups in total. The largest absolute Gasteiger partial charge is 0.468 e. The van der Waals surface area contributed by atoms with Crippen LogP contribution in [0.1, 0.15) is 44.9 Å². The van der Waals surface area contributed by atoms with Gasteiger partial charge in [0.2, 0.25) is 11.8 Å². The van der Waals surface area contributed by atoms with Gasteiger partial charge in [-0.3, -0.25) is 14.5 Å². The summed E-state index contributed by atoms with van der Waals surface area (Å²) in [6.45, 7) is 7.78. The average molecular weight is 321 g/mol. The molecular formula is C17H27N3O3. The van der Waals surface area contributed by atoms with Gasteiger partial charge in [-0.05, 0) is 31.6 Å². The van der Waals surface area contributed by atoms with Gasteiger partial charge in [0.1, 0.15) is 5.76 Å². The lowest BCUT2D eigenvalue weighted by Crippen LogP contribution is -2.39. The zero-order valence-electron chi connectivity index (χ0n) is 14.1. The first kappa shape index (κ1) is 17.5. The van der Waals surface area contributed by atoms with E-state index in [0.717, 1.165) is 31.8 Å². The van der Waals surface area contributed by atoms with Crippen molar-refractivity contribution in [1.82, 2.24) is 15.1 Å². The second-order valence-corrected chi connectivity index (χ2v) is 5.79. The second-order valence-electron chi connectivity index (χ2n) is 5.79. The number of carbonyl (C=O) groups is 2. The third-order valence-corrected chi connectivity index (χ3v) is 4.40. The van der Waals surface area contributed by atoms with Crippen molar-refractivity contribution < 1.29 is 14.0 Å². The third kappa shape index (κ3) is 4.82. The van der Waals surface area contributed by atoms with Crippen molar-refractivity contribution in [2.75, 3.05) is 32.7 Å². The highest BCUT2D eigenvalue weighted by Gasteiger charge is 2.23. The fourth-order valence-electron chi connectivity index (χ4n) is 3.03. The lowest BCUT2D eigenvalue weighted by Gasteiger charge is -2.28. The van der Waals surface area contributed by atoms with E-state index < -0.39 is 0 Å². The molecule has 2 heterocycles. The lowest BCUT2D eigenvalue weighted by molar-refractivity contribution is -0.128. The van der Waals surface area contributed by atoms with Gasteiger partial charge in [0, 0.05) is 32.5 Å². The smallest absolute Gasteiger partial charge is 0.222 e. The lowest BCUT2D eigenvalue weighted by atomic mass is 10.2. The standard InChI is InChI=1S/C17H27N3O3/c1-3-19(4-2)14(15-7-6-12-23-15)13-18-16(21)9-11-20-10-5-8-17(20)22/h6-7,12,14H,3-5,8-11,13H2,1-2H3,(H,18,21). The van der Waals surface area contributed by atoms with Gasteiger partial charge in [-0.2, -0.15) is 0 Å². The van der Waals surface area contributed by atoms with Crippen LogP contribution in [0.3, 0.4) is 0 Å². The summed E-state index contributed by atoms with van der Waals surface area (Å²) in [5.41, 5.74) is 0. The van der Waals surface area contributed by atoms with E-state index in [1.54, 1.807) is 11.2 Å². The van der Waals surface area contributed by atoms with Crippen molar-refractivity contribution in [3.05, 3.63) is 24.2 Å². The van der Waals surface area contributed by atoms with E-state index in [1.165, 1.54) is 0 Å². The summed E-state index contributed by atoms with van der Waals surface area (Å²) in [5.74, 6) is 1.01. The van der Waals surface area contributed by atoms with E-state index in [0.29, 0.717) is 25.9 Å². The molecule has 0 aliphatic carbocycles. The molecule has 2 amide bonds. The van der Waals surface area contributed by atoms with Gasteiger partial charge in [0.15, 0.2) is 0 Å². The topological polar surface area (TPSA) is 65.8 Å². The second kappa shape index (κ2) is 8.72. The number of hydrogen-bond acceptors (Lipinski definition) is 4. The van der Waals surface area contributed by atoms with Crippen LogP contribution in [-0.4, -0.2) is 54.3 Å². The summed E-state index contributed by atoms with van der Waals surface area (Å²) >= 11 is 0. The van der Waals surface area contributed by atoms with E-state index in [-0.39, 0.29) is 17.9 Å². The number of nitrogens with one attached hydrogen (secondary N) is 1. The average Bonchev–Trinajstić information content (AvgIpc) is 3.21. The predicted molar refractivity (Wildman–Crippen MR) is 87.8 cm³/mol. The van der Waals surface area contributed by atoms with Gasteiger partial charge in [0.25, 0.3) is 0 Å². The number of likely N-dealkylation sites (N-methyl/N-ethyl adjacent to an activating group) is 1. The Bertz CT molecular complexity index is 497. The molecule has 1 unspecified atom stereocenters. The highest BCUT2D eigenvalue weighted by molar-refractivity contribution is 5.80. The van der Waals surface area contributed by atoms with Crippen LogP contribution < -0.4 is 5.32 Å². The van der Waals surface area contributed by atoms with Crippen LogP contribution in [0.4, 0.5) is 0 Å². The maximum atomic E-state index is 12.1. The normalized spacial score (nSPS) is 16.1. The van der Waals surface area contributed by atoms with E-state index in [1.807, 2.05) is 12.1 Å². The van der Waals surface area contributed by atoms with E-state index >= 15 is 0 Å². The molecule has 23 heavy (non-hydrogen) atoms. The number of rotatable bonds is 9. The summed E-state index contributed by atoms with van der Waals surface area (Å²) in [6, 6.07) is 3.85. The van der Waals surface area contributed by atoms with Gasteiger partial charge < -0.3 is 14.6 Å². The molecule has 0 saturated carbocycles. The first-order valence-electron chi connectivity index (χ1n) is 8.47. The Morgan fingerprint density at radius 2 is 2.22 bits per heavy atom. The Hall–Kier alpha value is -1.82. The molecule has 0 bridgehead atoms. The maximum Gasteiger partial charge on any atom is 0.222 e. The van der Waals surface area contributed by atoms with E-state index in [4.69, 9.17) is 4.42 Å². The SMILES string of the molecule is CCN(CC)C(CNC(=O)CCN1CCCC1=O)c1ccco1. The molecule has 0 aromatic carbocycles. The molecule has 2 rings (SSSR count). The zero-order chi connectivity index (χ0) is 16.7. The molecule has 1 aliphatic heterocycles. The highest BCUT2D eigenvalue weighted by atomic mass is 16.3. The molecule has 0 radical (unpaired) electrons. The third-order valence-electron chi connectivity index (χ3n) is 4.40. The molecule has 1 aromatic heterocycles.